The van der Waals surface area contributed by atoms with Crippen LogP contribution in [0.5, 0.6) is 34.5 Å². The fraction of sp³-hybridized carbons (Fsp3) is 0.186. The van der Waals surface area contributed by atoms with Crippen LogP contribution in [0.4, 0.5) is 0 Å². The van der Waals surface area contributed by atoms with Gasteiger partial charge in [0.15, 0.2) is 18.0 Å². The van der Waals surface area contributed by atoms with Gasteiger partial charge in [-0.15, -0.1) is 0 Å². The third-order valence-corrected chi connectivity index (χ3v) is 8.73. The standard InChI is InChI=1S/C43H36O17/c1-22(44)55-39-33(21-54-34(51)17-7-24-3-11-27(46)12-4-24)58-43(42(41(39)56-23(2)45)59-35(52)18-8-25-5-13-28(47)14-6-25)60-40-37(53)36-31(50)19-30(49)20-32(36)57-38(40)26-9-15-29(48)16-10-26/h3-20,33,39,41-43,46-50H,21H2,1-2H3/b17-7+,18-8+. The van der Waals surface area contributed by atoms with Gasteiger partial charge in [0.2, 0.25) is 23.6 Å². The van der Waals surface area contributed by atoms with Crippen molar-refractivity contribution in [2.75, 3.05) is 6.61 Å². The number of benzene rings is 4. The zero-order valence-electron chi connectivity index (χ0n) is 31.6. The van der Waals surface area contributed by atoms with E-state index in [1.165, 1.54) is 84.9 Å². The molecule has 1 aromatic heterocycles. The van der Waals surface area contributed by atoms with E-state index in [0.717, 1.165) is 38.1 Å². The van der Waals surface area contributed by atoms with Gasteiger partial charge in [-0.2, -0.15) is 0 Å². The van der Waals surface area contributed by atoms with E-state index in [-0.39, 0.29) is 34.2 Å². The van der Waals surface area contributed by atoms with Gasteiger partial charge in [-0.1, -0.05) is 24.3 Å². The summed E-state index contributed by atoms with van der Waals surface area (Å²) in [6.45, 7) is 1.35. The lowest BCUT2D eigenvalue weighted by Crippen LogP contribution is -2.63. The average molecular weight is 825 g/mol. The normalized spacial score (nSPS) is 18.9. The first-order valence-corrected chi connectivity index (χ1v) is 18.0. The number of carbonyl (C=O) groups excluding carboxylic acids is 4. The number of esters is 4. The highest BCUT2D eigenvalue weighted by atomic mass is 16.7. The van der Waals surface area contributed by atoms with Gasteiger partial charge in [0, 0.05) is 43.7 Å². The maximum Gasteiger partial charge on any atom is 0.331 e. The molecule has 1 aliphatic rings. The summed E-state index contributed by atoms with van der Waals surface area (Å²) in [5, 5.41) is 49.7. The number of carbonyl (C=O) groups is 4. The molecular weight excluding hydrogens is 788 g/mol. The Morgan fingerprint density at radius 1 is 0.650 bits per heavy atom. The van der Waals surface area contributed by atoms with Crippen LogP contribution < -0.4 is 10.2 Å². The van der Waals surface area contributed by atoms with Crippen LogP contribution in [-0.2, 0) is 42.9 Å². The number of phenols is 5. The average Bonchev–Trinajstić information content (AvgIpc) is 3.19. The van der Waals surface area contributed by atoms with Crippen LogP contribution in [0.25, 0.3) is 34.4 Å². The number of ether oxygens (including phenoxy) is 6. The van der Waals surface area contributed by atoms with Crippen molar-refractivity contribution in [3.8, 4) is 45.8 Å². The summed E-state index contributed by atoms with van der Waals surface area (Å²) in [4.78, 5) is 65.8. The molecule has 2 heterocycles. The third-order valence-electron chi connectivity index (χ3n) is 8.73. The van der Waals surface area contributed by atoms with E-state index < -0.39 is 89.3 Å². The topological polar surface area (TPSA) is 255 Å². The number of fused-ring (bicyclic) bond motifs is 1. The number of rotatable bonds is 12. The highest BCUT2D eigenvalue weighted by Crippen LogP contribution is 2.38. The van der Waals surface area contributed by atoms with Crippen LogP contribution in [0.15, 0.2) is 106 Å². The first-order valence-electron chi connectivity index (χ1n) is 18.0. The molecule has 310 valence electrons. The number of hydrogen-bond donors (Lipinski definition) is 5. The molecule has 17 heteroatoms. The van der Waals surface area contributed by atoms with Crippen LogP contribution in [0.1, 0.15) is 25.0 Å². The minimum Gasteiger partial charge on any atom is -0.508 e. The minimum atomic E-state index is -1.97. The van der Waals surface area contributed by atoms with E-state index in [4.69, 9.17) is 32.8 Å². The van der Waals surface area contributed by atoms with Crippen LogP contribution in [0.2, 0.25) is 0 Å². The second-order valence-electron chi connectivity index (χ2n) is 13.2. The summed E-state index contributed by atoms with van der Waals surface area (Å²) < 4.78 is 40.7. The third kappa shape index (κ3) is 10.2. The molecular formula is C43H36O17. The fourth-order valence-corrected chi connectivity index (χ4v) is 6.07. The van der Waals surface area contributed by atoms with Gasteiger partial charge in [-0.25, -0.2) is 9.59 Å². The van der Waals surface area contributed by atoms with Crippen LogP contribution >= 0.6 is 0 Å². The summed E-state index contributed by atoms with van der Waals surface area (Å²) in [6.07, 6.45) is -4.02. The molecule has 4 aromatic carbocycles. The van der Waals surface area contributed by atoms with Crippen molar-refractivity contribution in [2.24, 2.45) is 0 Å². The zero-order valence-corrected chi connectivity index (χ0v) is 31.6. The molecule has 0 spiro atoms. The Kier molecular flexibility index (Phi) is 12.7. The predicted molar refractivity (Wildman–Crippen MR) is 208 cm³/mol. The molecule has 6 rings (SSSR count). The lowest BCUT2D eigenvalue weighted by molar-refractivity contribution is -0.288. The maximum atomic E-state index is 14.3. The molecule has 5 aromatic rings. The molecule has 60 heavy (non-hydrogen) atoms. The fourth-order valence-electron chi connectivity index (χ4n) is 6.07. The van der Waals surface area contributed by atoms with Crippen molar-refractivity contribution in [3.63, 3.8) is 0 Å². The Balaban J connectivity index is 1.44. The molecule has 0 aliphatic carbocycles. The largest absolute Gasteiger partial charge is 0.508 e. The quantitative estimate of drug-likeness (QED) is 0.0641. The molecule has 1 saturated heterocycles. The molecule has 5 N–H and O–H groups in total. The van der Waals surface area contributed by atoms with E-state index in [1.54, 1.807) is 0 Å². The molecule has 0 saturated carbocycles. The van der Waals surface area contributed by atoms with Crippen LogP contribution in [-0.4, -0.2) is 86.7 Å². The lowest BCUT2D eigenvalue weighted by Gasteiger charge is -2.43. The molecule has 0 bridgehead atoms. The van der Waals surface area contributed by atoms with E-state index in [0.29, 0.717) is 11.1 Å². The molecule has 17 nitrogen and oxygen atoms in total. The van der Waals surface area contributed by atoms with Gasteiger partial charge in [0.05, 0.1) is 0 Å². The smallest absolute Gasteiger partial charge is 0.331 e. The maximum absolute atomic E-state index is 14.3. The van der Waals surface area contributed by atoms with Gasteiger partial charge in [-0.3, -0.25) is 14.4 Å². The number of phenolic OH excluding ortho intramolecular Hbond substituents is 5. The molecule has 0 amide bonds. The SMILES string of the molecule is CC(=O)OC1C(COC(=O)/C=C/c2ccc(O)cc2)OC(Oc2c(-c3ccc(O)cc3)oc3cc(O)cc(O)c3c2=O)C(OC(=O)/C=C/c2ccc(O)cc2)C1OC(C)=O. The zero-order chi connectivity index (χ0) is 43.1. The first-order chi connectivity index (χ1) is 28.6. The summed E-state index contributed by atoms with van der Waals surface area (Å²) in [5.41, 5.74) is -0.176. The summed E-state index contributed by atoms with van der Waals surface area (Å²) in [7, 11) is 0. The molecule has 1 fully saturated rings. The van der Waals surface area contributed by atoms with Crippen LogP contribution in [0, 0.1) is 0 Å². The van der Waals surface area contributed by atoms with Crippen molar-refractivity contribution in [2.45, 2.75) is 44.6 Å². The van der Waals surface area contributed by atoms with Gasteiger partial charge in [-0.05, 0) is 71.8 Å². The van der Waals surface area contributed by atoms with Gasteiger partial charge < -0.3 is 58.4 Å². The Morgan fingerprint density at radius 2 is 1.18 bits per heavy atom. The van der Waals surface area contributed by atoms with Gasteiger partial charge >= 0.3 is 23.9 Å². The summed E-state index contributed by atoms with van der Waals surface area (Å²) in [5.74, 6) is -6.18. The highest BCUT2D eigenvalue weighted by Gasteiger charge is 2.54. The monoisotopic (exact) mass is 824 g/mol. The Labute approximate surface area is 339 Å². The Hall–Kier alpha value is -7.79. The van der Waals surface area contributed by atoms with E-state index in [1.807, 2.05) is 0 Å². The van der Waals surface area contributed by atoms with Crippen molar-refractivity contribution in [1.82, 2.24) is 0 Å². The molecule has 1 aliphatic heterocycles. The second kappa shape index (κ2) is 18.2. The van der Waals surface area contributed by atoms with E-state index in [2.05, 4.69) is 0 Å². The number of aromatic hydroxyl groups is 5. The first kappa shape index (κ1) is 41.8. The molecule has 5 unspecified atom stereocenters. The number of hydrogen-bond acceptors (Lipinski definition) is 17. The second-order valence-corrected chi connectivity index (χ2v) is 13.2. The van der Waals surface area contributed by atoms with Gasteiger partial charge in [0.1, 0.15) is 52.4 Å². The highest BCUT2D eigenvalue weighted by molar-refractivity contribution is 5.89. The van der Waals surface area contributed by atoms with Crippen molar-refractivity contribution in [1.29, 1.82) is 0 Å². The van der Waals surface area contributed by atoms with Crippen LogP contribution in [0.3, 0.4) is 0 Å². The van der Waals surface area contributed by atoms with E-state index in [9.17, 15) is 49.5 Å². The van der Waals surface area contributed by atoms with Gasteiger partial charge in [0.25, 0.3) is 0 Å². The molecule has 5 atom stereocenters. The van der Waals surface area contributed by atoms with Crippen molar-refractivity contribution < 1.29 is 77.5 Å². The minimum absolute atomic E-state index is 0.00453. The van der Waals surface area contributed by atoms with Crippen molar-refractivity contribution >= 4 is 47.0 Å². The predicted octanol–water partition coefficient (Wildman–Crippen LogP) is 4.84. The Morgan fingerprint density at radius 3 is 1.75 bits per heavy atom. The van der Waals surface area contributed by atoms with E-state index >= 15 is 0 Å². The van der Waals surface area contributed by atoms with Crippen molar-refractivity contribution in [3.05, 3.63) is 118 Å². The molecule has 0 radical (unpaired) electrons. The lowest BCUT2D eigenvalue weighted by atomic mass is 9.98. The summed E-state index contributed by atoms with van der Waals surface area (Å²) in [6, 6.07) is 18.8. The summed E-state index contributed by atoms with van der Waals surface area (Å²) >= 11 is 0. The Bertz CT molecular complexity index is 2500.